The Morgan fingerprint density at radius 1 is 0.676 bits per heavy atom. The maximum atomic E-state index is 10.4. The van der Waals surface area contributed by atoms with Gasteiger partial charge >= 0.3 is 7.48 Å². The molecular weight excluding hydrogens is 417 g/mol. The minimum atomic E-state index is -0.932. The Labute approximate surface area is 201 Å². The van der Waals surface area contributed by atoms with Gasteiger partial charge in [-0.15, -0.1) is 0 Å². The molecular formula is C30H30BNO2. The van der Waals surface area contributed by atoms with Crippen LogP contribution < -0.4 is 5.46 Å². The van der Waals surface area contributed by atoms with Crippen LogP contribution in [-0.4, -0.2) is 28.4 Å². The van der Waals surface area contributed by atoms with Crippen LogP contribution in [0.1, 0.15) is 27.7 Å². The molecule has 5 aromatic rings. The highest BCUT2D eigenvalue weighted by atomic mass is 16.5. The maximum absolute atomic E-state index is 10.4. The molecule has 0 bridgehead atoms. The topological polar surface area (TPSA) is 34.4 Å². The molecule has 1 heterocycles. The molecule has 0 aliphatic heterocycles. The highest BCUT2D eigenvalue weighted by Crippen LogP contribution is 2.32. The summed E-state index contributed by atoms with van der Waals surface area (Å²) in [6, 6.07) is 34.3. The van der Waals surface area contributed by atoms with Gasteiger partial charge in [0.05, 0.1) is 22.2 Å². The Morgan fingerprint density at radius 3 is 2.00 bits per heavy atom. The van der Waals surface area contributed by atoms with Gasteiger partial charge in [0.2, 0.25) is 0 Å². The minimum Gasteiger partial charge on any atom is -0.427 e. The van der Waals surface area contributed by atoms with Crippen LogP contribution in [0.15, 0.2) is 97.1 Å². The Bertz CT molecular complexity index is 1450. The van der Waals surface area contributed by atoms with E-state index in [0.29, 0.717) is 7.48 Å². The van der Waals surface area contributed by atoms with Gasteiger partial charge in [-0.1, -0.05) is 78.3 Å². The summed E-state index contributed by atoms with van der Waals surface area (Å²) in [5, 5.41) is 12.8. The lowest BCUT2D eigenvalue weighted by Crippen LogP contribution is -2.49. The smallest absolute Gasteiger partial charge is 0.309 e. The summed E-state index contributed by atoms with van der Waals surface area (Å²) < 4.78 is 8.46. The number of aromatic nitrogens is 1. The number of nitrogens with zero attached hydrogens (tertiary/aromatic N) is 1. The van der Waals surface area contributed by atoms with E-state index in [-0.39, 0.29) is 0 Å². The molecule has 4 heteroatoms. The van der Waals surface area contributed by atoms with Crippen molar-refractivity contribution in [3.05, 3.63) is 97.1 Å². The third-order valence-electron chi connectivity index (χ3n) is 7.04. The predicted molar refractivity (Wildman–Crippen MR) is 144 cm³/mol. The third-order valence-corrected chi connectivity index (χ3v) is 7.04. The highest BCUT2D eigenvalue weighted by molar-refractivity contribution is 6.47. The summed E-state index contributed by atoms with van der Waals surface area (Å²) in [7, 11) is 0.443. The lowest BCUT2D eigenvalue weighted by molar-refractivity contribution is -0.0893. The first-order valence-corrected chi connectivity index (χ1v) is 11.8. The zero-order valence-corrected chi connectivity index (χ0v) is 20.2. The monoisotopic (exact) mass is 447 g/mol. The van der Waals surface area contributed by atoms with Gasteiger partial charge in [-0.2, -0.15) is 0 Å². The van der Waals surface area contributed by atoms with Crippen LogP contribution in [0.25, 0.3) is 38.6 Å². The van der Waals surface area contributed by atoms with Crippen molar-refractivity contribution < 1.29 is 9.76 Å². The van der Waals surface area contributed by atoms with Crippen LogP contribution >= 0.6 is 0 Å². The summed E-state index contributed by atoms with van der Waals surface area (Å²) in [6.45, 7) is 7.42. The molecule has 1 aromatic heterocycles. The van der Waals surface area contributed by atoms with Gasteiger partial charge in [-0.25, -0.2) is 0 Å². The average Bonchev–Trinajstić information content (AvgIpc) is 3.16. The molecule has 4 aromatic carbocycles. The van der Waals surface area contributed by atoms with Crippen molar-refractivity contribution >= 4 is 34.8 Å². The zero-order valence-electron chi connectivity index (χ0n) is 20.2. The van der Waals surface area contributed by atoms with E-state index in [2.05, 4.69) is 95.6 Å². The molecule has 34 heavy (non-hydrogen) atoms. The van der Waals surface area contributed by atoms with Crippen LogP contribution in [0.4, 0.5) is 0 Å². The molecule has 0 unspecified atom stereocenters. The van der Waals surface area contributed by atoms with E-state index in [1.54, 1.807) is 13.8 Å². The first-order chi connectivity index (χ1) is 16.2. The van der Waals surface area contributed by atoms with Crippen LogP contribution in [0, 0.1) is 0 Å². The second-order valence-corrected chi connectivity index (χ2v) is 9.97. The van der Waals surface area contributed by atoms with Crippen molar-refractivity contribution in [3.63, 3.8) is 0 Å². The minimum absolute atomic E-state index is 0.443. The summed E-state index contributed by atoms with van der Waals surface area (Å²) in [6.07, 6.45) is 0. The quantitative estimate of drug-likeness (QED) is 0.324. The number of rotatable bonds is 6. The van der Waals surface area contributed by atoms with Crippen LogP contribution in [0.2, 0.25) is 0 Å². The molecule has 0 saturated carbocycles. The molecule has 170 valence electrons. The molecule has 0 radical (unpaired) electrons. The molecule has 5 rings (SSSR count). The fourth-order valence-electron chi connectivity index (χ4n) is 4.26. The van der Waals surface area contributed by atoms with Crippen LogP contribution in [0.3, 0.4) is 0 Å². The summed E-state index contributed by atoms with van der Waals surface area (Å²) in [5.41, 5.74) is 5.41. The normalized spacial score (nSPS) is 12.4. The zero-order chi connectivity index (χ0) is 23.9. The lowest BCUT2D eigenvalue weighted by Gasteiger charge is -2.37. The molecule has 0 amide bonds. The first kappa shape index (κ1) is 22.5. The fourth-order valence-corrected chi connectivity index (χ4v) is 4.26. The van der Waals surface area contributed by atoms with Crippen LogP contribution in [-0.2, 0) is 4.65 Å². The second-order valence-electron chi connectivity index (χ2n) is 9.97. The van der Waals surface area contributed by atoms with Gasteiger partial charge in [0.15, 0.2) is 0 Å². The molecule has 1 N–H and O–H groups in total. The van der Waals surface area contributed by atoms with E-state index in [1.165, 1.54) is 32.9 Å². The molecule has 0 saturated heterocycles. The standard InChI is InChI=1S/C30H30BNO2/c1-29(2,33)30(3,4)34-31-23-16-19-28-26(20-23)25-12-8-9-13-27(25)32(28)24-17-14-22(15-18-24)21-10-6-5-7-11-21/h5-20,31,33H,1-4H3. The van der Waals surface area contributed by atoms with Crippen molar-refractivity contribution in [2.75, 3.05) is 0 Å². The summed E-state index contributed by atoms with van der Waals surface area (Å²) >= 11 is 0. The van der Waals surface area contributed by atoms with Crippen molar-refractivity contribution in [2.45, 2.75) is 38.9 Å². The Morgan fingerprint density at radius 2 is 1.29 bits per heavy atom. The summed E-state index contributed by atoms with van der Waals surface area (Å²) in [5.74, 6) is 0. The number of fused-ring (bicyclic) bond motifs is 3. The van der Waals surface area contributed by atoms with Crippen molar-refractivity contribution in [3.8, 4) is 16.8 Å². The maximum Gasteiger partial charge on any atom is 0.309 e. The van der Waals surface area contributed by atoms with E-state index in [0.717, 1.165) is 11.2 Å². The molecule has 0 spiro atoms. The van der Waals surface area contributed by atoms with Gasteiger partial charge in [0.1, 0.15) is 0 Å². The molecule has 0 aliphatic rings. The second kappa shape index (κ2) is 8.46. The average molecular weight is 447 g/mol. The number of para-hydroxylation sites is 1. The molecule has 3 nitrogen and oxygen atoms in total. The Balaban J connectivity index is 1.55. The van der Waals surface area contributed by atoms with Crippen molar-refractivity contribution in [2.24, 2.45) is 0 Å². The Hall–Kier alpha value is -3.34. The molecule has 0 fully saturated rings. The molecule has 0 aliphatic carbocycles. The van der Waals surface area contributed by atoms with E-state index < -0.39 is 11.2 Å². The van der Waals surface area contributed by atoms with Gasteiger partial charge < -0.3 is 14.3 Å². The van der Waals surface area contributed by atoms with Gasteiger partial charge in [-0.05, 0) is 63.1 Å². The number of benzene rings is 4. The van der Waals surface area contributed by atoms with E-state index in [4.69, 9.17) is 4.65 Å². The third kappa shape index (κ3) is 4.04. The van der Waals surface area contributed by atoms with Gasteiger partial charge in [0.25, 0.3) is 0 Å². The van der Waals surface area contributed by atoms with E-state index in [9.17, 15) is 5.11 Å². The largest absolute Gasteiger partial charge is 0.427 e. The van der Waals surface area contributed by atoms with Gasteiger partial charge in [0, 0.05) is 16.5 Å². The van der Waals surface area contributed by atoms with E-state index in [1.807, 2.05) is 19.9 Å². The van der Waals surface area contributed by atoms with Gasteiger partial charge in [-0.3, -0.25) is 0 Å². The fraction of sp³-hybridized carbons (Fsp3) is 0.200. The van der Waals surface area contributed by atoms with E-state index >= 15 is 0 Å². The molecule has 0 atom stereocenters. The SMILES string of the molecule is CC(C)(O)C(C)(C)OBc1ccc2c(c1)c1ccccc1n2-c1ccc(-c2ccccc2)cc1. The van der Waals surface area contributed by atoms with Crippen molar-refractivity contribution in [1.82, 2.24) is 4.57 Å². The predicted octanol–water partition coefficient (Wildman–Crippen LogP) is 5.99. The highest BCUT2D eigenvalue weighted by Gasteiger charge is 2.35. The Kier molecular flexibility index (Phi) is 5.59. The van der Waals surface area contributed by atoms with Crippen molar-refractivity contribution in [1.29, 1.82) is 0 Å². The first-order valence-electron chi connectivity index (χ1n) is 11.8. The lowest BCUT2D eigenvalue weighted by atomic mass is 9.82. The number of hydrogen-bond acceptors (Lipinski definition) is 2. The summed E-state index contributed by atoms with van der Waals surface area (Å²) in [4.78, 5) is 0. The number of aliphatic hydroxyl groups is 1. The number of hydrogen-bond donors (Lipinski definition) is 1. The van der Waals surface area contributed by atoms with Crippen LogP contribution in [0.5, 0.6) is 0 Å².